The number of hydrogen-bond donors (Lipinski definition) is 2. The van der Waals surface area contributed by atoms with Gasteiger partial charge in [-0.05, 0) is 24.3 Å². The average Bonchev–Trinajstić information content (AvgIpc) is 2.71. The number of fused-ring (bicyclic) bond motifs is 1. The van der Waals surface area contributed by atoms with E-state index in [1.54, 1.807) is 18.2 Å². The molecule has 1 aromatic heterocycles. The minimum absolute atomic E-state index is 0.200. The second kappa shape index (κ2) is 3.83. The van der Waals surface area contributed by atoms with Gasteiger partial charge in [-0.3, -0.25) is 0 Å². The van der Waals surface area contributed by atoms with Gasteiger partial charge in [-0.2, -0.15) is 4.98 Å². The summed E-state index contributed by atoms with van der Waals surface area (Å²) in [5, 5.41) is 12.3. The Kier molecular flexibility index (Phi) is 2.19. The Morgan fingerprint density at radius 1 is 1.06 bits per heavy atom. The first-order valence-electron chi connectivity index (χ1n) is 5.23. The predicted molar refractivity (Wildman–Crippen MR) is 65.4 cm³/mol. The molecular formula is C13H10N2O2. The Hall–Kier alpha value is -2.49. The van der Waals surface area contributed by atoms with Crippen LogP contribution in [0.2, 0.25) is 0 Å². The molecule has 0 aliphatic rings. The van der Waals surface area contributed by atoms with E-state index in [-0.39, 0.29) is 5.75 Å². The molecule has 1 heterocycles. The van der Waals surface area contributed by atoms with E-state index in [2.05, 4.69) is 10.3 Å². The van der Waals surface area contributed by atoms with Gasteiger partial charge in [-0.25, -0.2) is 0 Å². The third kappa shape index (κ3) is 1.92. The summed E-state index contributed by atoms with van der Waals surface area (Å²) in [5.41, 5.74) is 2.27. The third-order valence-corrected chi connectivity index (χ3v) is 2.39. The van der Waals surface area contributed by atoms with Crippen LogP contribution < -0.4 is 5.32 Å². The molecule has 2 aromatic carbocycles. The van der Waals surface area contributed by atoms with Crippen molar-refractivity contribution in [2.45, 2.75) is 0 Å². The molecule has 0 spiro atoms. The topological polar surface area (TPSA) is 58.3 Å². The molecule has 0 aliphatic carbocycles. The number of phenols is 1. The summed E-state index contributed by atoms with van der Waals surface area (Å²) in [5.74, 6) is 0.200. The van der Waals surface area contributed by atoms with Crippen molar-refractivity contribution < 1.29 is 9.52 Å². The molecule has 2 N–H and O–H groups in total. The maximum Gasteiger partial charge on any atom is 0.300 e. The molecule has 4 heteroatoms. The van der Waals surface area contributed by atoms with Gasteiger partial charge in [0.2, 0.25) is 0 Å². The van der Waals surface area contributed by atoms with Gasteiger partial charge in [0, 0.05) is 11.8 Å². The van der Waals surface area contributed by atoms with E-state index in [1.165, 1.54) is 0 Å². The van der Waals surface area contributed by atoms with E-state index in [9.17, 15) is 5.11 Å². The smallest absolute Gasteiger partial charge is 0.300 e. The van der Waals surface area contributed by atoms with Crippen LogP contribution >= 0.6 is 0 Å². The number of nitrogens with one attached hydrogen (secondary N) is 1. The quantitative estimate of drug-likeness (QED) is 0.704. The molecule has 3 rings (SSSR count). The highest BCUT2D eigenvalue weighted by molar-refractivity contribution is 5.75. The Balaban J connectivity index is 1.94. The lowest BCUT2D eigenvalue weighted by atomic mass is 10.3. The van der Waals surface area contributed by atoms with Gasteiger partial charge in [0.05, 0.1) is 0 Å². The summed E-state index contributed by atoms with van der Waals surface area (Å²) in [6, 6.07) is 14.7. The molecule has 0 radical (unpaired) electrons. The van der Waals surface area contributed by atoms with Crippen LogP contribution in [0.15, 0.2) is 52.9 Å². The largest absolute Gasteiger partial charge is 0.508 e. The van der Waals surface area contributed by atoms with Crippen LogP contribution in [0.25, 0.3) is 11.1 Å². The summed E-state index contributed by atoms with van der Waals surface area (Å²) >= 11 is 0. The highest BCUT2D eigenvalue weighted by Crippen LogP contribution is 2.23. The molecule has 0 saturated carbocycles. The minimum atomic E-state index is 0.200. The lowest BCUT2D eigenvalue weighted by Gasteiger charge is -2.00. The van der Waals surface area contributed by atoms with Crippen molar-refractivity contribution in [2.24, 2.45) is 0 Å². The second-order valence-corrected chi connectivity index (χ2v) is 3.66. The summed E-state index contributed by atoms with van der Waals surface area (Å²) in [4.78, 5) is 4.28. The molecular weight excluding hydrogens is 216 g/mol. The Labute approximate surface area is 97.5 Å². The SMILES string of the molecule is Oc1cccc(Nc2nc3ccccc3o2)c1. The van der Waals surface area contributed by atoms with Crippen molar-refractivity contribution in [3.63, 3.8) is 0 Å². The fourth-order valence-corrected chi connectivity index (χ4v) is 1.63. The van der Waals surface area contributed by atoms with Crippen LogP contribution in [0, 0.1) is 0 Å². The van der Waals surface area contributed by atoms with Gasteiger partial charge in [0.15, 0.2) is 5.58 Å². The summed E-state index contributed by atoms with van der Waals surface area (Å²) in [7, 11) is 0. The number of phenolic OH excluding ortho intramolecular Hbond substituents is 1. The molecule has 0 unspecified atom stereocenters. The van der Waals surface area contributed by atoms with Gasteiger partial charge in [-0.15, -0.1) is 0 Å². The van der Waals surface area contributed by atoms with E-state index in [4.69, 9.17) is 4.42 Å². The molecule has 0 aliphatic heterocycles. The van der Waals surface area contributed by atoms with E-state index in [0.717, 1.165) is 16.8 Å². The monoisotopic (exact) mass is 226 g/mol. The lowest BCUT2D eigenvalue weighted by molar-refractivity contribution is 0.475. The second-order valence-electron chi connectivity index (χ2n) is 3.66. The number of benzene rings is 2. The molecule has 4 nitrogen and oxygen atoms in total. The summed E-state index contributed by atoms with van der Waals surface area (Å²) in [6.07, 6.45) is 0. The fraction of sp³-hybridized carbons (Fsp3) is 0. The standard InChI is InChI=1S/C13H10N2O2/c16-10-5-3-4-9(8-10)14-13-15-11-6-1-2-7-12(11)17-13/h1-8,16H,(H,14,15). The van der Waals surface area contributed by atoms with Crippen molar-refractivity contribution in [1.29, 1.82) is 0 Å². The van der Waals surface area contributed by atoms with Crippen molar-refractivity contribution in [3.05, 3.63) is 48.5 Å². The van der Waals surface area contributed by atoms with Gasteiger partial charge in [0.1, 0.15) is 11.3 Å². The van der Waals surface area contributed by atoms with E-state index in [0.29, 0.717) is 6.01 Å². The van der Waals surface area contributed by atoms with Crippen LogP contribution in [0.5, 0.6) is 5.75 Å². The first kappa shape index (κ1) is 9.72. The van der Waals surface area contributed by atoms with Crippen LogP contribution in [-0.4, -0.2) is 10.1 Å². The van der Waals surface area contributed by atoms with Gasteiger partial charge >= 0.3 is 0 Å². The summed E-state index contributed by atoms with van der Waals surface area (Å²) in [6.45, 7) is 0. The number of oxazole rings is 1. The zero-order chi connectivity index (χ0) is 11.7. The summed E-state index contributed by atoms with van der Waals surface area (Å²) < 4.78 is 5.51. The zero-order valence-electron chi connectivity index (χ0n) is 8.92. The first-order chi connectivity index (χ1) is 8.31. The Morgan fingerprint density at radius 3 is 2.76 bits per heavy atom. The molecule has 0 atom stereocenters. The predicted octanol–water partition coefficient (Wildman–Crippen LogP) is 3.28. The van der Waals surface area contributed by atoms with Crippen LogP contribution in [0.4, 0.5) is 11.7 Å². The van der Waals surface area contributed by atoms with Gasteiger partial charge in [0.25, 0.3) is 6.01 Å². The maximum absolute atomic E-state index is 9.34. The average molecular weight is 226 g/mol. The van der Waals surface area contributed by atoms with E-state index in [1.807, 2.05) is 30.3 Å². The van der Waals surface area contributed by atoms with Gasteiger partial charge < -0.3 is 14.8 Å². The highest BCUT2D eigenvalue weighted by Gasteiger charge is 2.04. The number of rotatable bonds is 2. The minimum Gasteiger partial charge on any atom is -0.508 e. The van der Waals surface area contributed by atoms with Crippen LogP contribution in [-0.2, 0) is 0 Å². The van der Waals surface area contributed by atoms with Crippen LogP contribution in [0.1, 0.15) is 0 Å². The highest BCUT2D eigenvalue weighted by atomic mass is 16.4. The normalized spacial score (nSPS) is 10.6. The Morgan fingerprint density at radius 2 is 1.94 bits per heavy atom. The zero-order valence-corrected chi connectivity index (χ0v) is 8.92. The van der Waals surface area contributed by atoms with Crippen molar-refractivity contribution in [1.82, 2.24) is 4.98 Å². The number of anilines is 2. The maximum atomic E-state index is 9.34. The number of aromatic nitrogens is 1. The Bertz CT molecular complexity index is 628. The molecule has 3 aromatic rings. The van der Waals surface area contributed by atoms with Gasteiger partial charge in [-0.1, -0.05) is 18.2 Å². The lowest BCUT2D eigenvalue weighted by Crippen LogP contribution is -1.88. The molecule has 84 valence electrons. The first-order valence-corrected chi connectivity index (χ1v) is 5.23. The number of para-hydroxylation sites is 2. The van der Waals surface area contributed by atoms with Crippen molar-refractivity contribution in [2.75, 3.05) is 5.32 Å². The number of hydrogen-bond acceptors (Lipinski definition) is 4. The molecule has 0 amide bonds. The molecule has 0 fully saturated rings. The van der Waals surface area contributed by atoms with Crippen molar-refractivity contribution in [3.8, 4) is 5.75 Å². The molecule has 17 heavy (non-hydrogen) atoms. The molecule has 0 bridgehead atoms. The fourth-order valence-electron chi connectivity index (χ4n) is 1.63. The number of nitrogens with zero attached hydrogens (tertiary/aromatic N) is 1. The van der Waals surface area contributed by atoms with E-state index < -0.39 is 0 Å². The van der Waals surface area contributed by atoms with Crippen molar-refractivity contribution >= 4 is 22.8 Å². The number of aromatic hydroxyl groups is 1. The van der Waals surface area contributed by atoms with E-state index >= 15 is 0 Å². The molecule has 0 saturated heterocycles. The third-order valence-electron chi connectivity index (χ3n) is 2.39. The van der Waals surface area contributed by atoms with Crippen LogP contribution in [0.3, 0.4) is 0 Å².